The van der Waals surface area contributed by atoms with Gasteiger partial charge in [0, 0.05) is 12.1 Å². The molecule has 0 spiro atoms. The maximum atomic E-state index is 11.0. The Bertz CT molecular complexity index is 576. The van der Waals surface area contributed by atoms with Crippen LogP contribution in [0.3, 0.4) is 0 Å². The quantitative estimate of drug-likeness (QED) is 0.794. The number of rotatable bonds is 3. The van der Waals surface area contributed by atoms with E-state index in [0.717, 1.165) is 17.5 Å². The topological polar surface area (TPSA) is 47.8 Å². The summed E-state index contributed by atoms with van der Waals surface area (Å²) < 4.78 is 1.75. The lowest BCUT2D eigenvalue weighted by molar-refractivity contribution is 0.111. The molecule has 0 aliphatic heterocycles. The number of aldehydes is 1. The molecular weight excluding hydrogens is 238 g/mol. The second-order valence-corrected chi connectivity index (χ2v) is 5.58. The molecule has 100 valence electrons. The number of carbonyl (C=O) groups is 1. The predicted molar refractivity (Wildman–Crippen MR) is 75.2 cm³/mol. The highest BCUT2D eigenvalue weighted by atomic mass is 16.1. The van der Waals surface area contributed by atoms with Crippen molar-refractivity contribution in [3.05, 3.63) is 35.5 Å². The van der Waals surface area contributed by atoms with Crippen LogP contribution in [0.4, 0.5) is 0 Å². The van der Waals surface area contributed by atoms with Crippen molar-refractivity contribution in [2.24, 2.45) is 0 Å². The number of nitrogens with zero attached hydrogens (tertiary/aromatic N) is 3. The van der Waals surface area contributed by atoms with Crippen molar-refractivity contribution in [2.75, 3.05) is 0 Å². The Hall–Kier alpha value is -1.97. The van der Waals surface area contributed by atoms with Crippen LogP contribution in [0, 0.1) is 0 Å². The van der Waals surface area contributed by atoms with E-state index in [-0.39, 0.29) is 5.41 Å². The van der Waals surface area contributed by atoms with Crippen molar-refractivity contribution < 1.29 is 4.79 Å². The first-order valence-corrected chi connectivity index (χ1v) is 6.47. The van der Waals surface area contributed by atoms with E-state index < -0.39 is 0 Å². The van der Waals surface area contributed by atoms with Crippen LogP contribution < -0.4 is 0 Å². The summed E-state index contributed by atoms with van der Waals surface area (Å²) >= 11 is 0. The van der Waals surface area contributed by atoms with Crippen LogP contribution >= 0.6 is 0 Å². The van der Waals surface area contributed by atoms with Gasteiger partial charge in [0.2, 0.25) is 0 Å². The Morgan fingerprint density at radius 1 is 1.21 bits per heavy atom. The van der Waals surface area contributed by atoms with E-state index in [0.29, 0.717) is 12.2 Å². The molecule has 1 heterocycles. The fourth-order valence-electron chi connectivity index (χ4n) is 2.05. The summed E-state index contributed by atoms with van der Waals surface area (Å²) in [6.45, 7) is 9.21. The van der Waals surface area contributed by atoms with Crippen LogP contribution in [0.5, 0.6) is 0 Å². The van der Waals surface area contributed by atoms with Gasteiger partial charge in [-0.25, -0.2) is 4.68 Å². The van der Waals surface area contributed by atoms with Crippen molar-refractivity contribution in [2.45, 2.75) is 39.7 Å². The van der Waals surface area contributed by atoms with Crippen LogP contribution in [-0.4, -0.2) is 21.3 Å². The molecule has 0 aliphatic rings. The first-order chi connectivity index (χ1) is 8.97. The van der Waals surface area contributed by atoms with Crippen LogP contribution in [0.15, 0.2) is 24.3 Å². The maximum absolute atomic E-state index is 11.0. The lowest BCUT2D eigenvalue weighted by atomic mass is 9.86. The third-order valence-corrected chi connectivity index (χ3v) is 3.20. The fraction of sp³-hybridized carbons (Fsp3) is 0.400. The van der Waals surface area contributed by atoms with Crippen molar-refractivity contribution in [1.82, 2.24) is 15.0 Å². The lowest BCUT2D eigenvalue weighted by Crippen LogP contribution is -2.10. The second kappa shape index (κ2) is 4.96. The third kappa shape index (κ3) is 2.57. The summed E-state index contributed by atoms with van der Waals surface area (Å²) in [4.78, 5) is 11.0. The van der Waals surface area contributed by atoms with E-state index in [1.165, 1.54) is 5.56 Å². The van der Waals surface area contributed by atoms with E-state index in [9.17, 15) is 4.79 Å². The van der Waals surface area contributed by atoms with E-state index in [4.69, 9.17) is 0 Å². The van der Waals surface area contributed by atoms with Gasteiger partial charge in [0.15, 0.2) is 12.0 Å². The Morgan fingerprint density at radius 2 is 1.84 bits per heavy atom. The maximum Gasteiger partial charge on any atom is 0.172 e. The molecule has 4 heteroatoms. The zero-order valence-corrected chi connectivity index (χ0v) is 11.8. The largest absolute Gasteiger partial charge is 0.296 e. The number of hydrogen-bond donors (Lipinski definition) is 0. The van der Waals surface area contributed by atoms with Crippen molar-refractivity contribution >= 4 is 6.29 Å². The second-order valence-electron chi connectivity index (χ2n) is 5.58. The zero-order valence-electron chi connectivity index (χ0n) is 11.8. The van der Waals surface area contributed by atoms with E-state index in [1.54, 1.807) is 4.68 Å². The Morgan fingerprint density at radius 3 is 2.32 bits per heavy atom. The average Bonchev–Trinajstić information content (AvgIpc) is 2.80. The number of hydrogen-bond acceptors (Lipinski definition) is 3. The lowest BCUT2D eigenvalue weighted by Gasteiger charge is -2.19. The zero-order chi connectivity index (χ0) is 14.0. The van der Waals surface area contributed by atoms with Gasteiger partial charge >= 0.3 is 0 Å². The van der Waals surface area contributed by atoms with Gasteiger partial charge in [-0.15, -0.1) is 5.10 Å². The van der Waals surface area contributed by atoms with Gasteiger partial charge in [-0.05, 0) is 17.9 Å². The molecule has 0 aliphatic carbocycles. The van der Waals surface area contributed by atoms with E-state index >= 15 is 0 Å². The highest BCUT2D eigenvalue weighted by Gasteiger charge is 2.16. The van der Waals surface area contributed by atoms with Gasteiger partial charge in [-0.3, -0.25) is 4.79 Å². The summed E-state index contributed by atoms with van der Waals surface area (Å²) in [6.07, 6.45) is 0.756. The Kier molecular flexibility index (Phi) is 3.51. The highest BCUT2D eigenvalue weighted by molar-refractivity contribution is 5.83. The molecule has 0 unspecified atom stereocenters. The molecule has 19 heavy (non-hydrogen) atoms. The number of benzene rings is 1. The smallest absolute Gasteiger partial charge is 0.172 e. The SMILES string of the molecule is CCn1nnc(C=O)c1-c1ccc(C(C)(C)C)cc1. The summed E-state index contributed by atoms with van der Waals surface area (Å²) in [5, 5.41) is 7.89. The van der Waals surface area contributed by atoms with Gasteiger partial charge in [0.05, 0.1) is 5.69 Å². The first kappa shape index (κ1) is 13.5. The molecule has 0 N–H and O–H groups in total. The molecule has 2 rings (SSSR count). The standard InChI is InChI=1S/C15H19N3O/c1-5-18-14(13(10-19)16-17-18)11-6-8-12(9-7-11)15(2,3)4/h6-10H,5H2,1-4H3. The molecule has 1 aromatic heterocycles. The molecular formula is C15H19N3O. The summed E-state index contributed by atoms with van der Waals surface area (Å²) in [5.74, 6) is 0. The minimum Gasteiger partial charge on any atom is -0.296 e. The number of aryl methyl sites for hydroxylation is 1. The van der Waals surface area contributed by atoms with Crippen LogP contribution in [-0.2, 0) is 12.0 Å². The molecule has 0 saturated carbocycles. The first-order valence-electron chi connectivity index (χ1n) is 6.47. The Labute approximate surface area is 113 Å². The minimum atomic E-state index is 0.120. The van der Waals surface area contributed by atoms with Crippen LogP contribution in [0.1, 0.15) is 43.7 Å². The minimum absolute atomic E-state index is 0.120. The third-order valence-electron chi connectivity index (χ3n) is 3.20. The number of carbonyl (C=O) groups excluding carboxylic acids is 1. The monoisotopic (exact) mass is 257 g/mol. The molecule has 0 radical (unpaired) electrons. The molecule has 2 aromatic rings. The summed E-state index contributed by atoms with van der Waals surface area (Å²) in [6, 6.07) is 8.24. The van der Waals surface area contributed by atoms with Crippen molar-refractivity contribution in [1.29, 1.82) is 0 Å². The fourth-order valence-corrected chi connectivity index (χ4v) is 2.05. The number of aromatic nitrogens is 3. The molecule has 0 bridgehead atoms. The molecule has 0 saturated heterocycles. The highest BCUT2D eigenvalue weighted by Crippen LogP contribution is 2.26. The predicted octanol–water partition coefficient (Wildman–Crippen LogP) is 3.08. The summed E-state index contributed by atoms with van der Waals surface area (Å²) in [5.41, 5.74) is 3.54. The molecule has 0 atom stereocenters. The summed E-state index contributed by atoms with van der Waals surface area (Å²) in [7, 11) is 0. The van der Waals surface area contributed by atoms with Crippen molar-refractivity contribution in [3.8, 4) is 11.3 Å². The van der Waals surface area contributed by atoms with Gasteiger partial charge < -0.3 is 0 Å². The van der Waals surface area contributed by atoms with Crippen molar-refractivity contribution in [3.63, 3.8) is 0 Å². The van der Waals surface area contributed by atoms with Gasteiger partial charge in [-0.1, -0.05) is 50.3 Å². The molecule has 1 aromatic carbocycles. The van der Waals surface area contributed by atoms with E-state index in [1.807, 2.05) is 19.1 Å². The van der Waals surface area contributed by atoms with Gasteiger partial charge in [0.1, 0.15) is 0 Å². The van der Waals surface area contributed by atoms with E-state index in [2.05, 4.69) is 43.2 Å². The molecule has 0 amide bonds. The normalized spacial score (nSPS) is 11.6. The molecule has 0 fully saturated rings. The Balaban J connectivity index is 2.48. The van der Waals surface area contributed by atoms with Gasteiger partial charge in [0.25, 0.3) is 0 Å². The van der Waals surface area contributed by atoms with Gasteiger partial charge in [-0.2, -0.15) is 0 Å². The van der Waals surface area contributed by atoms with Crippen LogP contribution in [0.2, 0.25) is 0 Å². The molecule has 4 nitrogen and oxygen atoms in total. The van der Waals surface area contributed by atoms with Crippen LogP contribution in [0.25, 0.3) is 11.3 Å². The average molecular weight is 257 g/mol.